The fourth-order valence-corrected chi connectivity index (χ4v) is 4.73. The Hall–Kier alpha value is -2.19. The Morgan fingerprint density at radius 1 is 0.966 bits per heavy atom. The van der Waals surface area contributed by atoms with Crippen LogP contribution in [0.15, 0.2) is 6.07 Å². The van der Waals surface area contributed by atoms with E-state index in [1.54, 1.807) is 0 Å². The smallest absolute Gasteiger partial charge is 0.227 e. The van der Waals surface area contributed by atoms with Crippen molar-refractivity contribution >= 4 is 11.8 Å². The van der Waals surface area contributed by atoms with Gasteiger partial charge in [0.2, 0.25) is 5.95 Å². The van der Waals surface area contributed by atoms with Crippen LogP contribution in [0.3, 0.4) is 0 Å². The Morgan fingerprint density at radius 2 is 1.76 bits per heavy atom. The number of nitrogens with zero attached hydrogens (tertiary/aromatic N) is 7. The summed E-state index contributed by atoms with van der Waals surface area (Å²) in [7, 11) is 2.09. The first-order chi connectivity index (χ1) is 14.2. The molecule has 0 N–H and O–H groups in total. The molecule has 2 fully saturated rings. The zero-order valence-corrected chi connectivity index (χ0v) is 17.6. The van der Waals surface area contributed by atoms with Gasteiger partial charge in [-0.1, -0.05) is 0 Å². The fraction of sp³-hybridized carbons (Fsp3) is 0.667. The summed E-state index contributed by atoms with van der Waals surface area (Å²) in [6, 6.07) is 2.09. The first-order valence-electron chi connectivity index (χ1n) is 10.9. The molecule has 0 spiro atoms. The van der Waals surface area contributed by atoms with Gasteiger partial charge in [0.25, 0.3) is 0 Å². The molecule has 29 heavy (non-hydrogen) atoms. The molecule has 4 heterocycles. The number of hydrogen-bond donors (Lipinski definition) is 0. The molecule has 2 saturated heterocycles. The van der Waals surface area contributed by atoms with E-state index in [1.807, 2.05) is 0 Å². The minimum Gasteiger partial charge on any atom is -0.378 e. The van der Waals surface area contributed by atoms with Crippen molar-refractivity contribution in [1.82, 2.24) is 24.6 Å². The summed E-state index contributed by atoms with van der Waals surface area (Å²) in [5, 5.41) is 4.73. The Labute approximate surface area is 172 Å². The molecule has 3 aliphatic rings. The second-order valence-corrected chi connectivity index (χ2v) is 8.38. The number of rotatable bonds is 4. The summed E-state index contributed by atoms with van der Waals surface area (Å²) in [5.41, 5.74) is 5.27. The summed E-state index contributed by atoms with van der Waals surface area (Å²) >= 11 is 0. The summed E-state index contributed by atoms with van der Waals surface area (Å²) in [6.45, 7) is 10.4. The second kappa shape index (κ2) is 7.91. The van der Waals surface area contributed by atoms with Crippen LogP contribution in [0.4, 0.5) is 11.8 Å². The maximum atomic E-state index is 5.48. The second-order valence-electron chi connectivity index (χ2n) is 8.38. The average Bonchev–Trinajstić information content (AvgIpc) is 3.31. The Bertz CT molecular complexity index is 866. The topological polar surface area (TPSA) is 62.6 Å². The maximum Gasteiger partial charge on any atom is 0.227 e. The molecule has 0 bridgehead atoms. The van der Waals surface area contributed by atoms with Crippen molar-refractivity contribution in [3.05, 3.63) is 28.7 Å². The van der Waals surface area contributed by atoms with Gasteiger partial charge >= 0.3 is 0 Å². The molecule has 1 aliphatic carbocycles. The zero-order chi connectivity index (χ0) is 19.8. The van der Waals surface area contributed by atoms with Gasteiger partial charge in [0, 0.05) is 64.6 Å². The number of morpholine rings is 1. The molecule has 0 radical (unpaired) electrons. The standard InChI is InChI=1S/C21H31N7O/c1-16-14-20(27-10-12-29-13-11-27)23-21(22-16)28-8-6-26(7-9-28)15-19-17-4-3-5-18(17)24-25(19)2/h14H,3-13,15H2,1-2H3. The SMILES string of the molecule is Cc1cc(N2CCOCC2)nc(N2CCN(Cc3c4c(nn3C)CCC4)CC2)n1. The minimum absolute atomic E-state index is 0.773. The lowest BCUT2D eigenvalue weighted by atomic mass is 10.2. The molecule has 2 aliphatic heterocycles. The van der Waals surface area contributed by atoms with E-state index < -0.39 is 0 Å². The Balaban J connectivity index is 1.24. The third-order valence-electron chi connectivity index (χ3n) is 6.39. The lowest BCUT2D eigenvalue weighted by molar-refractivity contribution is 0.122. The average molecular weight is 398 g/mol. The van der Waals surface area contributed by atoms with E-state index in [4.69, 9.17) is 19.8 Å². The molecule has 2 aromatic rings. The third-order valence-corrected chi connectivity index (χ3v) is 6.39. The molecule has 0 amide bonds. The van der Waals surface area contributed by atoms with E-state index in [-0.39, 0.29) is 0 Å². The van der Waals surface area contributed by atoms with Gasteiger partial charge in [-0.05, 0) is 31.7 Å². The van der Waals surface area contributed by atoms with Crippen LogP contribution >= 0.6 is 0 Å². The van der Waals surface area contributed by atoms with Gasteiger partial charge in [0.1, 0.15) is 5.82 Å². The third kappa shape index (κ3) is 3.83. The van der Waals surface area contributed by atoms with Crippen molar-refractivity contribution in [2.24, 2.45) is 7.05 Å². The zero-order valence-electron chi connectivity index (χ0n) is 17.6. The van der Waals surface area contributed by atoms with Gasteiger partial charge in [-0.3, -0.25) is 9.58 Å². The highest BCUT2D eigenvalue weighted by atomic mass is 16.5. The van der Waals surface area contributed by atoms with E-state index in [0.29, 0.717) is 0 Å². The number of fused-ring (bicyclic) bond motifs is 1. The van der Waals surface area contributed by atoms with Crippen LogP contribution in [-0.2, 0) is 31.2 Å². The molecule has 0 saturated carbocycles. The number of aromatic nitrogens is 4. The molecular weight excluding hydrogens is 366 g/mol. The molecule has 0 aromatic carbocycles. The highest BCUT2D eigenvalue weighted by Gasteiger charge is 2.25. The maximum absolute atomic E-state index is 5.48. The van der Waals surface area contributed by atoms with Gasteiger partial charge in [0.05, 0.1) is 24.6 Å². The quantitative estimate of drug-likeness (QED) is 0.767. The molecule has 2 aromatic heterocycles. The predicted octanol–water partition coefficient (Wildman–Crippen LogP) is 1.17. The molecule has 0 unspecified atom stereocenters. The Morgan fingerprint density at radius 3 is 2.55 bits per heavy atom. The van der Waals surface area contributed by atoms with Crippen LogP contribution in [-0.4, -0.2) is 77.1 Å². The number of hydrogen-bond acceptors (Lipinski definition) is 7. The Kier molecular flexibility index (Phi) is 5.13. The first kappa shape index (κ1) is 18.8. The van der Waals surface area contributed by atoms with Gasteiger partial charge < -0.3 is 14.5 Å². The molecule has 8 nitrogen and oxygen atoms in total. The van der Waals surface area contributed by atoms with Gasteiger partial charge in [-0.2, -0.15) is 10.1 Å². The predicted molar refractivity (Wildman–Crippen MR) is 113 cm³/mol. The normalized spacial score (nSPS) is 20.3. The van der Waals surface area contributed by atoms with Crippen LogP contribution in [0.5, 0.6) is 0 Å². The summed E-state index contributed by atoms with van der Waals surface area (Å²) in [6.07, 6.45) is 3.60. The van der Waals surface area contributed by atoms with Crippen molar-refractivity contribution in [3.8, 4) is 0 Å². The largest absolute Gasteiger partial charge is 0.378 e. The van der Waals surface area contributed by atoms with E-state index in [1.165, 1.54) is 29.8 Å². The molecule has 156 valence electrons. The van der Waals surface area contributed by atoms with Crippen molar-refractivity contribution < 1.29 is 4.74 Å². The molecule has 8 heteroatoms. The monoisotopic (exact) mass is 397 g/mol. The summed E-state index contributed by atoms with van der Waals surface area (Å²) in [5.74, 6) is 1.90. The van der Waals surface area contributed by atoms with Crippen molar-refractivity contribution in [2.75, 3.05) is 62.3 Å². The van der Waals surface area contributed by atoms with Crippen molar-refractivity contribution in [2.45, 2.75) is 32.7 Å². The lowest BCUT2D eigenvalue weighted by Gasteiger charge is -2.35. The van der Waals surface area contributed by atoms with Crippen LogP contribution in [0, 0.1) is 6.92 Å². The van der Waals surface area contributed by atoms with Crippen LogP contribution < -0.4 is 9.80 Å². The first-order valence-corrected chi connectivity index (χ1v) is 10.9. The highest BCUT2D eigenvalue weighted by Crippen LogP contribution is 2.26. The van der Waals surface area contributed by atoms with Gasteiger partial charge in [-0.15, -0.1) is 0 Å². The van der Waals surface area contributed by atoms with E-state index in [2.05, 4.69) is 39.4 Å². The molecular formula is C21H31N7O. The van der Waals surface area contributed by atoms with Gasteiger partial charge in [-0.25, -0.2) is 4.98 Å². The fourth-order valence-electron chi connectivity index (χ4n) is 4.73. The van der Waals surface area contributed by atoms with E-state index >= 15 is 0 Å². The van der Waals surface area contributed by atoms with Crippen LogP contribution in [0.1, 0.15) is 29.1 Å². The molecule has 0 atom stereocenters. The summed E-state index contributed by atoms with van der Waals surface area (Å²) in [4.78, 5) is 16.8. The lowest BCUT2D eigenvalue weighted by Crippen LogP contribution is -2.47. The number of aryl methyl sites for hydroxylation is 3. The van der Waals surface area contributed by atoms with Crippen molar-refractivity contribution in [3.63, 3.8) is 0 Å². The number of piperazine rings is 1. The number of anilines is 2. The highest BCUT2D eigenvalue weighted by molar-refractivity contribution is 5.46. The van der Waals surface area contributed by atoms with Crippen molar-refractivity contribution in [1.29, 1.82) is 0 Å². The van der Waals surface area contributed by atoms with Crippen LogP contribution in [0.2, 0.25) is 0 Å². The number of ether oxygens (including phenoxy) is 1. The minimum atomic E-state index is 0.773. The van der Waals surface area contributed by atoms with Gasteiger partial charge in [0.15, 0.2) is 0 Å². The van der Waals surface area contributed by atoms with E-state index in [9.17, 15) is 0 Å². The van der Waals surface area contributed by atoms with Crippen LogP contribution in [0.25, 0.3) is 0 Å². The summed E-state index contributed by atoms with van der Waals surface area (Å²) < 4.78 is 7.59. The van der Waals surface area contributed by atoms with E-state index in [0.717, 1.165) is 82.9 Å². The molecule has 5 rings (SSSR count).